The molecule has 0 spiro atoms. The van der Waals surface area contributed by atoms with Gasteiger partial charge in [-0.15, -0.1) is 0 Å². The Morgan fingerprint density at radius 3 is 2.06 bits per heavy atom. The van der Waals surface area contributed by atoms with Gasteiger partial charge in [0.1, 0.15) is 13.2 Å². The molecule has 0 rings (SSSR count). The maximum absolute atomic E-state index is 12.0. The summed E-state index contributed by atoms with van der Waals surface area (Å²) in [5, 5.41) is 13.0. The molecular formula is C24H45N2O6P. The van der Waals surface area contributed by atoms with Gasteiger partial charge in [0.15, 0.2) is 0 Å². The molecule has 9 heteroatoms. The van der Waals surface area contributed by atoms with E-state index in [1.807, 2.05) is 27.2 Å². The lowest BCUT2D eigenvalue weighted by molar-refractivity contribution is -0.870. The van der Waals surface area contributed by atoms with Crippen LogP contribution in [0.5, 0.6) is 0 Å². The van der Waals surface area contributed by atoms with Crippen molar-refractivity contribution in [3.63, 3.8) is 0 Å². The normalized spacial score (nSPS) is 16.5. The molecule has 0 bridgehead atoms. The minimum atomic E-state index is -4.54. The fraction of sp³-hybridized carbons (Fsp3) is 0.708. The molecule has 0 radical (unpaired) electrons. The highest BCUT2D eigenvalue weighted by atomic mass is 31.2. The van der Waals surface area contributed by atoms with E-state index in [9.17, 15) is 19.4 Å². The molecule has 0 aromatic heterocycles. The fourth-order valence-corrected chi connectivity index (χ4v) is 3.29. The molecule has 8 nitrogen and oxygen atoms in total. The summed E-state index contributed by atoms with van der Waals surface area (Å²) in [4.78, 5) is 23.8. The highest BCUT2D eigenvalue weighted by molar-refractivity contribution is 7.45. The van der Waals surface area contributed by atoms with Gasteiger partial charge < -0.3 is 28.8 Å². The van der Waals surface area contributed by atoms with Crippen LogP contribution >= 0.6 is 7.82 Å². The number of likely N-dealkylation sites (N-methyl/N-ethyl adjacent to an activating group) is 1. The van der Waals surface area contributed by atoms with Crippen LogP contribution in [0, 0.1) is 0 Å². The molecular weight excluding hydrogens is 443 g/mol. The monoisotopic (exact) mass is 488 g/mol. The number of aliphatic hydroxyl groups excluding tert-OH is 1. The van der Waals surface area contributed by atoms with Gasteiger partial charge in [-0.25, -0.2) is 0 Å². The van der Waals surface area contributed by atoms with Gasteiger partial charge >= 0.3 is 0 Å². The Hall–Kier alpha value is -1.28. The number of aliphatic hydroxyl groups is 1. The summed E-state index contributed by atoms with van der Waals surface area (Å²) in [5.74, 6) is -0.307. The number of carbonyl (C=O) groups is 1. The fourth-order valence-electron chi connectivity index (χ4n) is 2.56. The van der Waals surface area contributed by atoms with Crippen LogP contribution in [0.3, 0.4) is 0 Å². The van der Waals surface area contributed by atoms with Gasteiger partial charge in [0, 0.05) is 6.42 Å². The first kappa shape index (κ1) is 31.7. The third kappa shape index (κ3) is 19.9. The molecule has 3 unspecified atom stereocenters. The average molecular weight is 489 g/mol. The van der Waals surface area contributed by atoms with Crippen molar-refractivity contribution in [1.82, 2.24) is 5.32 Å². The summed E-state index contributed by atoms with van der Waals surface area (Å²) >= 11 is 0. The average Bonchev–Trinajstić information content (AvgIpc) is 2.73. The molecule has 0 fully saturated rings. The molecule has 0 aliphatic carbocycles. The van der Waals surface area contributed by atoms with Crippen LogP contribution in [-0.4, -0.2) is 68.5 Å². The summed E-state index contributed by atoms with van der Waals surface area (Å²) < 4.78 is 22.4. The van der Waals surface area contributed by atoms with Gasteiger partial charge in [0.2, 0.25) is 5.91 Å². The number of amides is 1. The Labute approximate surface area is 200 Å². The second-order valence-electron chi connectivity index (χ2n) is 8.92. The third-order valence-corrected chi connectivity index (χ3v) is 5.59. The van der Waals surface area contributed by atoms with E-state index in [-0.39, 0.29) is 18.9 Å². The summed E-state index contributed by atoms with van der Waals surface area (Å²) in [5.41, 5.74) is 0. The zero-order valence-corrected chi connectivity index (χ0v) is 22.0. The Kier molecular flexibility index (Phi) is 17.4. The van der Waals surface area contributed by atoms with Gasteiger partial charge in [0.05, 0.1) is 39.9 Å². The minimum absolute atomic E-state index is 0.0126. The highest BCUT2D eigenvalue weighted by Gasteiger charge is 2.22. The molecule has 1 amide bonds. The molecule has 3 atom stereocenters. The Bertz CT molecular complexity index is 658. The summed E-state index contributed by atoms with van der Waals surface area (Å²) in [6, 6.07) is -0.900. The Morgan fingerprint density at radius 2 is 1.55 bits per heavy atom. The second-order valence-corrected chi connectivity index (χ2v) is 10.3. The van der Waals surface area contributed by atoms with E-state index in [0.29, 0.717) is 11.0 Å². The van der Waals surface area contributed by atoms with Crippen LogP contribution in [0.1, 0.15) is 58.8 Å². The lowest BCUT2D eigenvalue weighted by Crippen LogP contribution is -2.45. The third-order valence-electron chi connectivity index (χ3n) is 4.63. The first-order valence-electron chi connectivity index (χ1n) is 11.9. The quantitative estimate of drug-likeness (QED) is 0.125. The number of nitrogens with one attached hydrogen (secondary N) is 1. The SMILES string of the molecule is CCC/C=C/CC/C=C/CC/C=C/C(O)C(COP(=O)([O-])OCC[N+](C)(C)C)NC(=O)CC. The maximum atomic E-state index is 12.0. The van der Waals surface area contributed by atoms with E-state index >= 15 is 0 Å². The first-order valence-corrected chi connectivity index (χ1v) is 13.3. The summed E-state index contributed by atoms with van der Waals surface area (Å²) in [6.45, 7) is 3.90. The lowest BCUT2D eigenvalue weighted by atomic mass is 10.1. The van der Waals surface area contributed by atoms with Crippen molar-refractivity contribution in [2.24, 2.45) is 0 Å². The van der Waals surface area contributed by atoms with Crippen LogP contribution in [0.25, 0.3) is 0 Å². The van der Waals surface area contributed by atoms with Crippen LogP contribution in [-0.2, 0) is 18.4 Å². The number of unbranched alkanes of at least 4 members (excludes halogenated alkanes) is 3. The van der Waals surface area contributed by atoms with E-state index in [0.717, 1.165) is 32.1 Å². The topological polar surface area (TPSA) is 108 Å². The number of hydrogen-bond donors (Lipinski definition) is 2. The molecule has 33 heavy (non-hydrogen) atoms. The summed E-state index contributed by atoms with van der Waals surface area (Å²) in [7, 11) is 1.21. The second kappa shape index (κ2) is 18.1. The van der Waals surface area contributed by atoms with Gasteiger partial charge in [-0.3, -0.25) is 9.36 Å². The van der Waals surface area contributed by atoms with Gasteiger partial charge in [-0.2, -0.15) is 0 Å². The molecule has 0 aliphatic heterocycles. The van der Waals surface area contributed by atoms with Crippen molar-refractivity contribution in [1.29, 1.82) is 0 Å². The van der Waals surface area contributed by atoms with E-state index in [4.69, 9.17) is 9.05 Å². The lowest BCUT2D eigenvalue weighted by Gasteiger charge is -2.29. The summed E-state index contributed by atoms with van der Waals surface area (Å²) in [6.07, 6.45) is 17.0. The Balaban J connectivity index is 4.54. The number of nitrogens with zero attached hydrogens (tertiary/aromatic N) is 1. The van der Waals surface area contributed by atoms with E-state index < -0.39 is 26.6 Å². The maximum Gasteiger partial charge on any atom is 0.268 e. The van der Waals surface area contributed by atoms with Crippen molar-refractivity contribution in [3.8, 4) is 0 Å². The molecule has 0 aromatic rings. The number of allylic oxidation sites excluding steroid dienone is 5. The number of carbonyl (C=O) groups excluding carboxylic acids is 1. The van der Waals surface area contributed by atoms with E-state index in [2.05, 4.69) is 36.5 Å². The zero-order valence-electron chi connectivity index (χ0n) is 21.1. The minimum Gasteiger partial charge on any atom is -0.756 e. The number of phosphoric ester groups is 1. The van der Waals surface area contributed by atoms with E-state index in [1.54, 1.807) is 13.0 Å². The largest absolute Gasteiger partial charge is 0.756 e. The predicted octanol–water partition coefficient (Wildman–Crippen LogP) is 3.48. The predicted molar refractivity (Wildman–Crippen MR) is 131 cm³/mol. The smallest absolute Gasteiger partial charge is 0.268 e. The molecule has 0 aliphatic rings. The van der Waals surface area contributed by atoms with E-state index in [1.165, 1.54) is 6.42 Å². The highest BCUT2D eigenvalue weighted by Crippen LogP contribution is 2.38. The molecule has 192 valence electrons. The molecule has 2 N–H and O–H groups in total. The molecule has 0 saturated heterocycles. The molecule has 0 aromatic carbocycles. The number of rotatable bonds is 19. The van der Waals surface area contributed by atoms with Crippen LogP contribution in [0.4, 0.5) is 0 Å². The van der Waals surface area contributed by atoms with Crippen LogP contribution in [0.2, 0.25) is 0 Å². The van der Waals surface area contributed by atoms with Gasteiger partial charge in [-0.05, 0) is 32.1 Å². The number of phosphoric acid groups is 1. The standard InChI is InChI=1S/C24H45N2O6P/c1-6-8-9-10-11-12-13-14-15-16-17-18-23(27)22(25-24(28)7-2)21-32-33(29,30)31-20-19-26(3,4)5/h9-10,13-14,17-18,22-23,27H,6-8,11-12,15-16,19-21H2,1-5H3,(H-,25,28,29,30)/b10-9+,14-13+,18-17+. The van der Waals surface area contributed by atoms with Crippen molar-refractivity contribution in [2.45, 2.75) is 70.9 Å². The van der Waals surface area contributed by atoms with Crippen molar-refractivity contribution < 1.29 is 32.9 Å². The van der Waals surface area contributed by atoms with Crippen molar-refractivity contribution >= 4 is 13.7 Å². The van der Waals surface area contributed by atoms with Gasteiger partial charge in [0.25, 0.3) is 7.82 Å². The Morgan fingerprint density at radius 1 is 1.00 bits per heavy atom. The van der Waals surface area contributed by atoms with Crippen LogP contribution in [0.15, 0.2) is 36.5 Å². The van der Waals surface area contributed by atoms with Gasteiger partial charge in [-0.1, -0.05) is 56.7 Å². The number of quaternary nitrogens is 1. The first-order chi connectivity index (χ1) is 15.5. The van der Waals surface area contributed by atoms with Crippen molar-refractivity contribution in [2.75, 3.05) is 40.9 Å². The van der Waals surface area contributed by atoms with Crippen molar-refractivity contribution in [3.05, 3.63) is 36.5 Å². The number of hydrogen-bond acceptors (Lipinski definition) is 6. The van der Waals surface area contributed by atoms with Crippen LogP contribution < -0.4 is 10.2 Å². The zero-order chi connectivity index (χ0) is 25.2. The molecule has 0 saturated carbocycles. The molecule has 0 heterocycles.